The Kier molecular flexibility index (Phi) is 3.20. The largest absolute Gasteiger partial charge is 0.385 e. The monoisotopic (exact) mass is 268 g/mol. The van der Waals surface area contributed by atoms with Gasteiger partial charge in [-0.25, -0.2) is 0 Å². The fraction of sp³-hybridized carbons (Fsp3) is 0.214. The molecule has 3 aromatic rings. The van der Waals surface area contributed by atoms with E-state index in [0.717, 1.165) is 40.5 Å². The second-order valence-electron chi connectivity index (χ2n) is 4.54. The van der Waals surface area contributed by atoms with Crippen LogP contribution in [0.5, 0.6) is 0 Å². The van der Waals surface area contributed by atoms with E-state index < -0.39 is 0 Å². The van der Waals surface area contributed by atoms with E-state index in [1.54, 1.807) is 12.4 Å². The third-order valence-corrected chi connectivity index (χ3v) is 2.92. The molecule has 0 radical (unpaired) electrons. The molecule has 2 heterocycles. The molecule has 0 amide bonds. The van der Waals surface area contributed by atoms with Crippen molar-refractivity contribution in [1.29, 1.82) is 0 Å². The average Bonchev–Trinajstić information content (AvgIpc) is 2.85. The molecule has 102 valence electrons. The molecule has 20 heavy (non-hydrogen) atoms. The van der Waals surface area contributed by atoms with Gasteiger partial charge in [0.2, 0.25) is 0 Å². The number of anilines is 3. The molecule has 2 aromatic heterocycles. The van der Waals surface area contributed by atoms with Gasteiger partial charge in [-0.3, -0.25) is 15.1 Å². The van der Waals surface area contributed by atoms with Gasteiger partial charge in [0.1, 0.15) is 5.52 Å². The Morgan fingerprint density at radius 1 is 1.15 bits per heavy atom. The van der Waals surface area contributed by atoms with Gasteiger partial charge in [-0.1, -0.05) is 0 Å². The molecule has 0 saturated heterocycles. The standard InChI is InChI=1S/C14H16N6/c1-3-15-10-7-11-14(17-5-4-16-11)12(8-10)18-13-6-9(2)19-20-13/h4-8,15H,3H2,1-2H3,(H2,18,19,20). The number of aryl methyl sites for hydroxylation is 1. The summed E-state index contributed by atoms with van der Waals surface area (Å²) in [6.45, 7) is 4.88. The molecular formula is C14H16N6. The molecule has 3 rings (SSSR count). The number of aromatic amines is 1. The van der Waals surface area contributed by atoms with E-state index in [0.29, 0.717) is 0 Å². The molecule has 1 aromatic carbocycles. The van der Waals surface area contributed by atoms with Gasteiger partial charge in [-0.05, 0) is 26.0 Å². The summed E-state index contributed by atoms with van der Waals surface area (Å²) in [6, 6.07) is 5.96. The van der Waals surface area contributed by atoms with Crippen molar-refractivity contribution in [2.75, 3.05) is 17.2 Å². The number of hydrogen-bond acceptors (Lipinski definition) is 5. The fourth-order valence-electron chi connectivity index (χ4n) is 2.10. The molecule has 6 heteroatoms. The highest BCUT2D eigenvalue weighted by Gasteiger charge is 2.07. The Labute approximate surface area is 116 Å². The van der Waals surface area contributed by atoms with E-state index in [1.807, 2.05) is 25.1 Å². The summed E-state index contributed by atoms with van der Waals surface area (Å²) in [5, 5.41) is 13.7. The van der Waals surface area contributed by atoms with Crippen LogP contribution in [-0.2, 0) is 0 Å². The average molecular weight is 268 g/mol. The summed E-state index contributed by atoms with van der Waals surface area (Å²) in [4.78, 5) is 8.76. The van der Waals surface area contributed by atoms with Crippen molar-refractivity contribution in [3.05, 3.63) is 36.3 Å². The molecule has 0 fully saturated rings. The lowest BCUT2D eigenvalue weighted by Crippen LogP contribution is -2.00. The van der Waals surface area contributed by atoms with E-state index in [4.69, 9.17) is 0 Å². The maximum Gasteiger partial charge on any atom is 0.152 e. The molecule has 0 spiro atoms. The molecule has 3 N–H and O–H groups in total. The van der Waals surface area contributed by atoms with Crippen molar-refractivity contribution in [1.82, 2.24) is 20.2 Å². The zero-order valence-corrected chi connectivity index (χ0v) is 11.4. The molecular weight excluding hydrogens is 252 g/mol. The van der Waals surface area contributed by atoms with Gasteiger partial charge >= 0.3 is 0 Å². The first-order valence-electron chi connectivity index (χ1n) is 6.54. The minimum atomic E-state index is 0.767. The van der Waals surface area contributed by atoms with Crippen LogP contribution in [0.25, 0.3) is 11.0 Å². The van der Waals surface area contributed by atoms with E-state index in [9.17, 15) is 0 Å². The number of hydrogen-bond donors (Lipinski definition) is 3. The van der Waals surface area contributed by atoms with Crippen molar-refractivity contribution in [3.8, 4) is 0 Å². The summed E-state index contributed by atoms with van der Waals surface area (Å²) >= 11 is 0. The Morgan fingerprint density at radius 3 is 2.75 bits per heavy atom. The number of nitrogens with zero attached hydrogens (tertiary/aromatic N) is 3. The highest BCUT2D eigenvalue weighted by molar-refractivity contribution is 5.92. The molecule has 0 unspecified atom stereocenters. The minimum absolute atomic E-state index is 0.767. The summed E-state index contributed by atoms with van der Waals surface area (Å²) in [7, 11) is 0. The number of nitrogens with one attached hydrogen (secondary N) is 3. The second-order valence-corrected chi connectivity index (χ2v) is 4.54. The van der Waals surface area contributed by atoms with Crippen molar-refractivity contribution in [3.63, 3.8) is 0 Å². The SMILES string of the molecule is CCNc1cc(Nc2cc(C)[nH]n2)c2nccnc2c1. The number of H-pyrrole nitrogens is 1. The predicted molar refractivity (Wildman–Crippen MR) is 80.3 cm³/mol. The van der Waals surface area contributed by atoms with Crippen LogP contribution in [-0.4, -0.2) is 26.7 Å². The van der Waals surface area contributed by atoms with Crippen LogP contribution < -0.4 is 10.6 Å². The molecule has 0 atom stereocenters. The van der Waals surface area contributed by atoms with Crippen molar-refractivity contribution in [2.45, 2.75) is 13.8 Å². The zero-order chi connectivity index (χ0) is 13.9. The number of aromatic nitrogens is 4. The quantitative estimate of drug-likeness (QED) is 0.678. The third kappa shape index (κ3) is 2.40. The summed E-state index contributed by atoms with van der Waals surface area (Å²) in [6.07, 6.45) is 3.39. The Balaban J connectivity index is 2.06. The first-order chi connectivity index (χ1) is 9.76. The highest BCUT2D eigenvalue weighted by Crippen LogP contribution is 2.27. The lowest BCUT2D eigenvalue weighted by atomic mass is 10.2. The van der Waals surface area contributed by atoms with E-state index in [1.165, 1.54) is 0 Å². The molecule has 6 nitrogen and oxygen atoms in total. The number of fused-ring (bicyclic) bond motifs is 1. The Hall–Kier alpha value is -2.63. The van der Waals surface area contributed by atoms with Crippen LogP contribution in [0.1, 0.15) is 12.6 Å². The maximum absolute atomic E-state index is 4.39. The van der Waals surface area contributed by atoms with Crippen molar-refractivity contribution in [2.24, 2.45) is 0 Å². The van der Waals surface area contributed by atoms with Crippen molar-refractivity contribution >= 4 is 28.2 Å². The van der Waals surface area contributed by atoms with Gasteiger partial charge in [-0.2, -0.15) is 5.10 Å². The molecule has 0 saturated carbocycles. The van der Waals surface area contributed by atoms with E-state index in [2.05, 4.69) is 37.7 Å². The van der Waals surface area contributed by atoms with Crippen LogP contribution in [0.3, 0.4) is 0 Å². The van der Waals surface area contributed by atoms with Crippen LogP contribution in [0.15, 0.2) is 30.6 Å². The third-order valence-electron chi connectivity index (χ3n) is 2.92. The van der Waals surface area contributed by atoms with Crippen LogP contribution >= 0.6 is 0 Å². The fourth-order valence-corrected chi connectivity index (χ4v) is 2.10. The molecule has 0 aliphatic heterocycles. The minimum Gasteiger partial charge on any atom is -0.385 e. The van der Waals surface area contributed by atoms with E-state index >= 15 is 0 Å². The first-order valence-corrected chi connectivity index (χ1v) is 6.54. The summed E-state index contributed by atoms with van der Waals surface area (Å²) in [5.41, 5.74) is 4.58. The molecule has 0 bridgehead atoms. The van der Waals surface area contributed by atoms with E-state index in [-0.39, 0.29) is 0 Å². The van der Waals surface area contributed by atoms with Gasteiger partial charge < -0.3 is 10.6 Å². The maximum atomic E-state index is 4.39. The lowest BCUT2D eigenvalue weighted by Gasteiger charge is -2.10. The van der Waals surface area contributed by atoms with Crippen LogP contribution in [0, 0.1) is 6.92 Å². The van der Waals surface area contributed by atoms with Crippen LogP contribution in [0.2, 0.25) is 0 Å². The van der Waals surface area contributed by atoms with Gasteiger partial charge in [0.15, 0.2) is 5.82 Å². The number of benzene rings is 1. The normalized spacial score (nSPS) is 10.7. The van der Waals surface area contributed by atoms with Gasteiger partial charge in [0.05, 0.1) is 11.2 Å². The highest BCUT2D eigenvalue weighted by atomic mass is 15.2. The van der Waals surface area contributed by atoms with Crippen LogP contribution in [0.4, 0.5) is 17.2 Å². The zero-order valence-electron chi connectivity index (χ0n) is 11.4. The predicted octanol–water partition coefficient (Wildman–Crippen LogP) is 2.84. The second kappa shape index (κ2) is 5.16. The summed E-state index contributed by atoms with van der Waals surface area (Å²) < 4.78 is 0. The van der Waals surface area contributed by atoms with Gasteiger partial charge in [-0.15, -0.1) is 0 Å². The number of rotatable bonds is 4. The first kappa shape index (κ1) is 12.4. The Bertz CT molecular complexity index is 733. The van der Waals surface area contributed by atoms with Gasteiger partial charge in [0.25, 0.3) is 0 Å². The topological polar surface area (TPSA) is 78.5 Å². The Morgan fingerprint density at radius 2 is 2.00 bits per heavy atom. The van der Waals surface area contributed by atoms with Gasteiger partial charge in [0, 0.05) is 36.4 Å². The smallest absolute Gasteiger partial charge is 0.152 e. The summed E-state index contributed by atoms with van der Waals surface area (Å²) in [5.74, 6) is 0.767. The lowest BCUT2D eigenvalue weighted by molar-refractivity contribution is 1.05. The molecule has 0 aliphatic carbocycles. The molecule has 0 aliphatic rings. The van der Waals surface area contributed by atoms with Crippen molar-refractivity contribution < 1.29 is 0 Å².